The lowest BCUT2D eigenvalue weighted by molar-refractivity contribution is -0.384. The fourth-order valence-corrected chi connectivity index (χ4v) is 4.01. The molecule has 0 radical (unpaired) electrons. The molecular formula is C23H18N4O4S. The van der Waals surface area contributed by atoms with Gasteiger partial charge in [-0.2, -0.15) is 0 Å². The molecule has 9 heteroatoms. The van der Waals surface area contributed by atoms with E-state index in [1.807, 2.05) is 30.3 Å². The van der Waals surface area contributed by atoms with Gasteiger partial charge in [0.25, 0.3) is 11.6 Å². The van der Waals surface area contributed by atoms with Crippen molar-refractivity contribution in [1.29, 1.82) is 0 Å². The Morgan fingerprint density at radius 3 is 2.72 bits per heavy atom. The van der Waals surface area contributed by atoms with Crippen molar-refractivity contribution in [3.63, 3.8) is 0 Å². The van der Waals surface area contributed by atoms with Crippen LogP contribution < -0.4 is 9.64 Å². The van der Waals surface area contributed by atoms with E-state index in [4.69, 9.17) is 4.74 Å². The SMILES string of the molecule is COc1ccc2nc(N(Cc3cccnc3)C(=O)C=Cc3ccc([N+](=O)[O-])cc3)sc2c1. The summed E-state index contributed by atoms with van der Waals surface area (Å²) in [6.45, 7) is 0.300. The number of nitro groups is 1. The molecule has 0 fully saturated rings. The van der Waals surface area contributed by atoms with Crippen LogP contribution in [0.4, 0.5) is 10.8 Å². The Labute approximate surface area is 187 Å². The van der Waals surface area contributed by atoms with Crippen LogP contribution >= 0.6 is 11.3 Å². The molecule has 0 aliphatic heterocycles. The van der Waals surface area contributed by atoms with Gasteiger partial charge in [0.1, 0.15) is 5.75 Å². The molecule has 0 atom stereocenters. The molecule has 0 spiro atoms. The molecule has 2 heterocycles. The number of carbonyl (C=O) groups excluding carboxylic acids is 1. The maximum Gasteiger partial charge on any atom is 0.269 e. The minimum absolute atomic E-state index is 0.00316. The molecule has 1 amide bonds. The number of thiazole rings is 1. The summed E-state index contributed by atoms with van der Waals surface area (Å²) in [7, 11) is 1.60. The summed E-state index contributed by atoms with van der Waals surface area (Å²) < 4.78 is 6.19. The number of hydrogen-bond acceptors (Lipinski definition) is 7. The van der Waals surface area contributed by atoms with Crippen LogP contribution in [0.3, 0.4) is 0 Å². The lowest BCUT2D eigenvalue weighted by Crippen LogP contribution is -2.28. The smallest absolute Gasteiger partial charge is 0.269 e. The molecule has 0 saturated carbocycles. The molecule has 8 nitrogen and oxygen atoms in total. The van der Waals surface area contributed by atoms with Gasteiger partial charge in [0.15, 0.2) is 5.13 Å². The van der Waals surface area contributed by atoms with E-state index in [0.29, 0.717) is 17.2 Å². The molecule has 2 aromatic heterocycles. The van der Waals surface area contributed by atoms with E-state index in [-0.39, 0.29) is 11.6 Å². The van der Waals surface area contributed by atoms with Crippen LogP contribution in [0.15, 0.2) is 73.1 Å². The quantitative estimate of drug-likeness (QED) is 0.229. The molecule has 4 rings (SSSR count). The van der Waals surface area contributed by atoms with E-state index in [0.717, 1.165) is 21.5 Å². The van der Waals surface area contributed by atoms with Gasteiger partial charge in [0, 0.05) is 30.6 Å². The van der Waals surface area contributed by atoms with E-state index in [2.05, 4.69) is 9.97 Å². The minimum atomic E-state index is -0.462. The zero-order valence-corrected chi connectivity index (χ0v) is 17.9. The third-order valence-corrected chi connectivity index (χ3v) is 5.71. The molecule has 4 aromatic rings. The van der Waals surface area contributed by atoms with Crippen LogP contribution in [0.5, 0.6) is 5.75 Å². The lowest BCUT2D eigenvalue weighted by atomic mass is 10.2. The first kappa shape index (κ1) is 21.1. The fraction of sp³-hybridized carbons (Fsp3) is 0.0870. The highest BCUT2D eigenvalue weighted by Gasteiger charge is 2.19. The van der Waals surface area contributed by atoms with Gasteiger partial charge in [-0.3, -0.25) is 24.8 Å². The van der Waals surface area contributed by atoms with Crippen LogP contribution in [-0.2, 0) is 11.3 Å². The first-order valence-corrected chi connectivity index (χ1v) is 10.4. The number of methoxy groups -OCH3 is 1. The first-order chi connectivity index (χ1) is 15.5. The molecule has 32 heavy (non-hydrogen) atoms. The van der Waals surface area contributed by atoms with Crippen LogP contribution in [-0.4, -0.2) is 27.9 Å². The Morgan fingerprint density at radius 1 is 1.22 bits per heavy atom. The Morgan fingerprint density at radius 2 is 2.03 bits per heavy atom. The van der Waals surface area contributed by atoms with Gasteiger partial charge >= 0.3 is 0 Å². The summed E-state index contributed by atoms with van der Waals surface area (Å²) in [6, 6.07) is 15.3. The number of ether oxygens (including phenoxy) is 1. The van der Waals surface area contributed by atoms with Gasteiger partial charge in [-0.05, 0) is 53.6 Å². The molecule has 0 aliphatic rings. The lowest BCUT2D eigenvalue weighted by Gasteiger charge is -2.18. The van der Waals surface area contributed by atoms with Crippen LogP contribution in [0, 0.1) is 10.1 Å². The Balaban J connectivity index is 1.64. The van der Waals surface area contributed by atoms with Crippen molar-refractivity contribution in [1.82, 2.24) is 9.97 Å². The highest BCUT2D eigenvalue weighted by molar-refractivity contribution is 7.22. The monoisotopic (exact) mass is 446 g/mol. The second-order valence-electron chi connectivity index (χ2n) is 6.80. The van der Waals surface area contributed by atoms with E-state index in [1.165, 1.54) is 29.5 Å². The van der Waals surface area contributed by atoms with Gasteiger partial charge in [0.2, 0.25) is 0 Å². The van der Waals surface area contributed by atoms with Crippen molar-refractivity contribution in [2.24, 2.45) is 0 Å². The van der Waals surface area contributed by atoms with Crippen molar-refractivity contribution in [2.45, 2.75) is 6.54 Å². The molecule has 0 unspecified atom stereocenters. The first-order valence-electron chi connectivity index (χ1n) is 9.61. The fourth-order valence-electron chi connectivity index (χ4n) is 3.01. The average Bonchev–Trinajstić information content (AvgIpc) is 3.24. The highest BCUT2D eigenvalue weighted by Crippen LogP contribution is 2.32. The zero-order chi connectivity index (χ0) is 22.5. The third kappa shape index (κ3) is 4.79. The number of non-ortho nitro benzene ring substituents is 1. The maximum absolute atomic E-state index is 13.1. The van der Waals surface area contributed by atoms with E-state index in [1.54, 1.807) is 42.6 Å². The van der Waals surface area contributed by atoms with Gasteiger partial charge in [-0.1, -0.05) is 17.4 Å². The molecule has 160 valence electrons. The molecule has 0 aliphatic carbocycles. The van der Waals surface area contributed by atoms with E-state index < -0.39 is 4.92 Å². The number of carbonyl (C=O) groups is 1. The number of rotatable bonds is 7. The topological polar surface area (TPSA) is 98.5 Å². The summed E-state index contributed by atoms with van der Waals surface area (Å²) in [4.78, 5) is 33.8. The number of anilines is 1. The highest BCUT2D eigenvalue weighted by atomic mass is 32.1. The number of nitro benzene ring substituents is 1. The van der Waals surface area contributed by atoms with Gasteiger partial charge in [-0.25, -0.2) is 4.98 Å². The number of nitrogens with zero attached hydrogens (tertiary/aromatic N) is 4. The Hall–Kier alpha value is -4.11. The van der Waals surface area contributed by atoms with Crippen LogP contribution in [0.25, 0.3) is 16.3 Å². The number of hydrogen-bond donors (Lipinski definition) is 0. The predicted octanol–water partition coefficient (Wildman–Crippen LogP) is 4.85. The molecule has 2 aromatic carbocycles. The third-order valence-electron chi connectivity index (χ3n) is 4.67. The van der Waals surface area contributed by atoms with Gasteiger partial charge < -0.3 is 4.74 Å². The number of aromatic nitrogens is 2. The standard InChI is InChI=1S/C23H18N4O4S/c1-31-19-9-10-20-21(13-19)32-23(25-20)26(15-17-3-2-12-24-14-17)22(28)11-6-16-4-7-18(8-5-16)27(29)30/h2-14H,15H2,1H3. The average molecular weight is 446 g/mol. The molecule has 0 saturated heterocycles. The Bertz CT molecular complexity index is 1290. The summed E-state index contributed by atoms with van der Waals surface area (Å²) in [5.74, 6) is 0.453. The summed E-state index contributed by atoms with van der Waals surface area (Å²) in [6.07, 6.45) is 6.44. The number of pyridine rings is 1. The Kier molecular flexibility index (Phi) is 6.18. The zero-order valence-electron chi connectivity index (χ0n) is 17.0. The maximum atomic E-state index is 13.1. The van der Waals surface area contributed by atoms with Crippen LogP contribution in [0.2, 0.25) is 0 Å². The van der Waals surface area contributed by atoms with Crippen molar-refractivity contribution < 1.29 is 14.5 Å². The van der Waals surface area contributed by atoms with Crippen molar-refractivity contribution in [3.05, 3.63) is 94.3 Å². The normalized spacial score (nSPS) is 11.0. The molecule has 0 bridgehead atoms. The van der Waals surface area contributed by atoms with E-state index >= 15 is 0 Å². The second-order valence-corrected chi connectivity index (χ2v) is 7.81. The van der Waals surface area contributed by atoms with Crippen LogP contribution in [0.1, 0.15) is 11.1 Å². The number of amides is 1. The molecular weight excluding hydrogens is 428 g/mol. The van der Waals surface area contributed by atoms with Gasteiger partial charge in [-0.15, -0.1) is 0 Å². The summed E-state index contributed by atoms with van der Waals surface area (Å²) in [5, 5.41) is 11.4. The van der Waals surface area contributed by atoms with Crippen molar-refractivity contribution in [2.75, 3.05) is 12.0 Å². The van der Waals surface area contributed by atoms with Gasteiger partial charge in [0.05, 0.1) is 28.8 Å². The van der Waals surface area contributed by atoms with Crippen molar-refractivity contribution >= 4 is 44.4 Å². The minimum Gasteiger partial charge on any atom is -0.497 e. The molecule has 0 N–H and O–H groups in total. The predicted molar refractivity (Wildman–Crippen MR) is 124 cm³/mol. The second kappa shape index (κ2) is 9.36. The summed E-state index contributed by atoms with van der Waals surface area (Å²) >= 11 is 1.39. The number of fused-ring (bicyclic) bond motifs is 1. The largest absolute Gasteiger partial charge is 0.497 e. The number of benzene rings is 2. The van der Waals surface area contributed by atoms with E-state index in [9.17, 15) is 14.9 Å². The van der Waals surface area contributed by atoms with Crippen molar-refractivity contribution in [3.8, 4) is 5.75 Å². The summed E-state index contributed by atoms with van der Waals surface area (Å²) in [5.41, 5.74) is 2.31.